The van der Waals surface area contributed by atoms with E-state index in [9.17, 15) is 14.9 Å². The lowest BCUT2D eigenvalue weighted by Gasteiger charge is -2.08. The minimum absolute atomic E-state index is 0.0246. The van der Waals surface area contributed by atoms with Crippen LogP contribution in [0.4, 0.5) is 5.69 Å². The molecule has 3 aromatic rings. The molecule has 0 fully saturated rings. The molecule has 3 aromatic carbocycles. The molecular weight excluding hydrogens is 472 g/mol. The second-order valence-corrected chi connectivity index (χ2v) is 7.60. The Hall–Kier alpha value is -3.89. The van der Waals surface area contributed by atoms with Gasteiger partial charge >= 0.3 is 5.97 Å². The predicted octanol–water partition coefficient (Wildman–Crippen LogP) is 5.36. The number of anilines is 1. The Kier molecular flexibility index (Phi) is 7.79. The van der Waals surface area contributed by atoms with E-state index in [0.29, 0.717) is 29.2 Å². The fourth-order valence-corrected chi connectivity index (χ4v) is 3.03. The SMILES string of the molecule is COC(=O)c1ccc(COc2cccc(C=C(C#N)C(=O)Nc3ccc(Br)cc3)c2)cc1. The summed E-state index contributed by atoms with van der Waals surface area (Å²) in [6.45, 7) is 0.295. The standard InChI is InChI=1S/C25H19BrN2O4/c1-31-25(30)19-7-5-17(6-8-19)16-32-23-4-2-3-18(14-23)13-20(15-27)24(29)28-22-11-9-21(26)10-12-22/h2-14H,16H2,1H3,(H,28,29). The molecule has 160 valence electrons. The van der Waals surface area contributed by atoms with Gasteiger partial charge in [0.25, 0.3) is 5.91 Å². The molecule has 0 unspecified atom stereocenters. The van der Waals surface area contributed by atoms with E-state index in [2.05, 4.69) is 26.0 Å². The summed E-state index contributed by atoms with van der Waals surface area (Å²) >= 11 is 3.34. The average molecular weight is 491 g/mol. The topological polar surface area (TPSA) is 88.4 Å². The molecule has 1 N–H and O–H groups in total. The maximum atomic E-state index is 12.4. The molecule has 0 saturated heterocycles. The summed E-state index contributed by atoms with van der Waals surface area (Å²) in [7, 11) is 1.34. The van der Waals surface area contributed by atoms with E-state index in [1.165, 1.54) is 13.2 Å². The number of amides is 1. The summed E-state index contributed by atoms with van der Waals surface area (Å²) in [5.74, 6) is -0.303. The number of nitrogens with one attached hydrogen (secondary N) is 1. The summed E-state index contributed by atoms with van der Waals surface area (Å²) in [5.41, 5.74) is 2.57. The number of rotatable bonds is 7. The van der Waals surface area contributed by atoms with Crippen molar-refractivity contribution in [1.82, 2.24) is 0 Å². The number of nitrogens with zero attached hydrogens (tertiary/aromatic N) is 1. The van der Waals surface area contributed by atoms with Crippen molar-refractivity contribution >= 4 is 39.6 Å². The van der Waals surface area contributed by atoms with Crippen LogP contribution in [0.2, 0.25) is 0 Å². The highest BCUT2D eigenvalue weighted by Gasteiger charge is 2.10. The number of methoxy groups -OCH3 is 1. The van der Waals surface area contributed by atoms with Crippen molar-refractivity contribution in [3.05, 3.63) is 99.5 Å². The van der Waals surface area contributed by atoms with Crippen LogP contribution in [0.25, 0.3) is 6.08 Å². The highest BCUT2D eigenvalue weighted by Crippen LogP contribution is 2.19. The fourth-order valence-electron chi connectivity index (χ4n) is 2.76. The Bertz CT molecular complexity index is 1180. The van der Waals surface area contributed by atoms with E-state index in [1.54, 1.807) is 72.8 Å². The van der Waals surface area contributed by atoms with Crippen molar-refractivity contribution < 1.29 is 19.1 Å². The van der Waals surface area contributed by atoms with Crippen molar-refractivity contribution in [2.75, 3.05) is 12.4 Å². The van der Waals surface area contributed by atoms with Gasteiger partial charge < -0.3 is 14.8 Å². The van der Waals surface area contributed by atoms with E-state index in [1.807, 2.05) is 6.07 Å². The zero-order valence-corrected chi connectivity index (χ0v) is 18.8. The molecule has 0 aliphatic carbocycles. The molecular formula is C25H19BrN2O4. The smallest absolute Gasteiger partial charge is 0.337 e. The van der Waals surface area contributed by atoms with Crippen LogP contribution in [-0.4, -0.2) is 19.0 Å². The molecule has 0 atom stereocenters. The lowest BCUT2D eigenvalue weighted by Crippen LogP contribution is -2.13. The van der Waals surface area contributed by atoms with Crippen LogP contribution in [0.3, 0.4) is 0 Å². The van der Waals surface area contributed by atoms with Gasteiger partial charge in [-0.15, -0.1) is 0 Å². The van der Waals surface area contributed by atoms with E-state index in [0.717, 1.165) is 10.0 Å². The Labute approximate surface area is 194 Å². The van der Waals surface area contributed by atoms with Crippen molar-refractivity contribution in [2.24, 2.45) is 0 Å². The van der Waals surface area contributed by atoms with Crippen LogP contribution < -0.4 is 10.1 Å². The second-order valence-electron chi connectivity index (χ2n) is 6.68. The molecule has 0 spiro atoms. The minimum Gasteiger partial charge on any atom is -0.489 e. The number of halogens is 1. The maximum absolute atomic E-state index is 12.4. The fraction of sp³-hybridized carbons (Fsp3) is 0.0800. The van der Waals surface area contributed by atoms with Crippen molar-refractivity contribution in [2.45, 2.75) is 6.61 Å². The first-order valence-corrected chi connectivity index (χ1v) is 10.4. The summed E-state index contributed by atoms with van der Waals surface area (Å²) < 4.78 is 11.4. The van der Waals surface area contributed by atoms with Gasteiger partial charge in [-0.2, -0.15) is 5.26 Å². The molecule has 32 heavy (non-hydrogen) atoms. The molecule has 1 amide bonds. The number of ether oxygens (including phenoxy) is 2. The summed E-state index contributed by atoms with van der Waals surface area (Å²) in [6, 6.07) is 23.0. The van der Waals surface area contributed by atoms with E-state index in [4.69, 9.17) is 4.74 Å². The van der Waals surface area contributed by atoms with E-state index in [-0.39, 0.29) is 5.57 Å². The molecule has 0 aliphatic heterocycles. The molecule has 0 heterocycles. The van der Waals surface area contributed by atoms with Crippen LogP contribution in [0.1, 0.15) is 21.5 Å². The Morgan fingerprint density at radius 1 is 1.06 bits per heavy atom. The molecule has 6 nitrogen and oxygen atoms in total. The molecule has 0 aliphatic rings. The normalized spacial score (nSPS) is 10.7. The third-order valence-corrected chi connectivity index (χ3v) is 4.95. The van der Waals surface area contributed by atoms with Gasteiger partial charge in [-0.3, -0.25) is 4.79 Å². The zero-order chi connectivity index (χ0) is 22.9. The largest absolute Gasteiger partial charge is 0.489 e. The minimum atomic E-state index is -0.494. The van der Waals surface area contributed by atoms with Crippen LogP contribution in [0.5, 0.6) is 5.75 Å². The maximum Gasteiger partial charge on any atom is 0.337 e. The van der Waals surface area contributed by atoms with Gasteiger partial charge in [0.15, 0.2) is 0 Å². The average Bonchev–Trinajstić information content (AvgIpc) is 2.82. The van der Waals surface area contributed by atoms with E-state index < -0.39 is 11.9 Å². The summed E-state index contributed by atoms with van der Waals surface area (Å²) in [6.07, 6.45) is 1.51. The number of hydrogen-bond acceptors (Lipinski definition) is 5. The molecule has 0 aromatic heterocycles. The quantitative estimate of drug-likeness (QED) is 0.273. The highest BCUT2D eigenvalue weighted by molar-refractivity contribution is 9.10. The third-order valence-electron chi connectivity index (χ3n) is 4.42. The van der Waals surface area contributed by atoms with Crippen molar-refractivity contribution in [1.29, 1.82) is 5.26 Å². The monoisotopic (exact) mass is 490 g/mol. The molecule has 7 heteroatoms. The van der Waals surface area contributed by atoms with Crippen LogP contribution in [0, 0.1) is 11.3 Å². The zero-order valence-electron chi connectivity index (χ0n) is 17.2. The second kappa shape index (κ2) is 10.9. The Morgan fingerprint density at radius 3 is 2.44 bits per heavy atom. The molecule has 3 rings (SSSR count). The predicted molar refractivity (Wildman–Crippen MR) is 125 cm³/mol. The lowest BCUT2D eigenvalue weighted by molar-refractivity contribution is -0.112. The lowest BCUT2D eigenvalue weighted by atomic mass is 10.1. The van der Waals surface area contributed by atoms with E-state index >= 15 is 0 Å². The first-order valence-electron chi connectivity index (χ1n) is 9.57. The highest BCUT2D eigenvalue weighted by atomic mass is 79.9. The first kappa shape index (κ1) is 22.8. The van der Waals surface area contributed by atoms with Crippen molar-refractivity contribution in [3.8, 4) is 11.8 Å². The summed E-state index contributed by atoms with van der Waals surface area (Å²) in [4.78, 5) is 24.0. The molecule has 0 saturated carbocycles. The van der Waals surface area contributed by atoms with Crippen LogP contribution in [-0.2, 0) is 16.1 Å². The number of benzene rings is 3. The van der Waals surface area contributed by atoms with Crippen molar-refractivity contribution in [3.63, 3.8) is 0 Å². The third kappa shape index (κ3) is 6.30. The molecule has 0 bridgehead atoms. The number of nitriles is 1. The Morgan fingerprint density at radius 2 is 1.78 bits per heavy atom. The van der Waals surface area contributed by atoms with Crippen LogP contribution >= 0.6 is 15.9 Å². The van der Waals surface area contributed by atoms with Gasteiger partial charge in [0, 0.05) is 10.2 Å². The number of esters is 1. The first-order chi connectivity index (χ1) is 15.5. The van der Waals surface area contributed by atoms with Gasteiger partial charge in [-0.05, 0) is 65.7 Å². The summed E-state index contributed by atoms with van der Waals surface area (Å²) in [5, 5.41) is 12.1. The van der Waals surface area contributed by atoms with Gasteiger partial charge in [-0.1, -0.05) is 40.2 Å². The van der Waals surface area contributed by atoms with Gasteiger partial charge in [0.05, 0.1) is 12.7 Å². The van der Waals surface area contributed by atoms with Crippen LogP contribution in [0.15, 0.2) is 82.8 Å². The molecule has 0 radical (unpaired) electrons. The number of carbonyl (C=O) groups is 2. The van der Waals surface area contributed by atoms with Gasteiger partial charge in [-0.25, -0.2) is 4.79 Å². The van der Waals surface area contributed by atoms with Gasteiger partial charge in [0.1, 0.15) is 24.0 Å². The number of carbonyl (C=O) groups excluding carboxylic acids is 2. The van der Waals surface area contributed by atoms with Gasteiger partial charge in [0.2, 0.25) is 0 Å². The Balaban J connectivity index is 1.66. The number of hydrogen-bond donors (Lipinski definition) is 1.